The molecular formula is C15H20N4O. The molecule has 0 saturated heterocycles. The van der Waals surface area contributed by atoms with Gasteiger partial charge < -0.3 is 15.2 Å². The van der Waals surface area contributed by atoms with Crippen LogP contribution in [0.4, 0.5) is 5.69 Å². The van der Waals surface area contributed by atoms with Crippen LogP contribution >= 0.6 is 0 Å². The monoisotopic (exact) mass is 272 g/mol. The molecule has 0 unspecified atom stereocenters. The summed E-state index contributed by atoms with van der Waals surface area (Å²) in [6.07, 6.45) is 5.58. The van der Waals surface area contributed by atoms with Gasteiger partial charge in [-0.15, -0.1) is 0 Å². The Morgan fingerprint density at radius 1 is 1.40 bits per heavy atom. The number of hydrogen-bond acceptors (Lipinski definition) is 3. The smallest absolute Gasteiger partial charge is 0.253 e. The number of nitrogens with zero attached hydrogens (tertiary/aromatic N) is 3. The van der Waals surface area contributed by atoms with Crippen molar-refractivity contribution in [2.45, 2.75) is 19.8 Å². The molecule has 0 aliphatic rings. The maximum atomic E-state index is 11.9. The van der Waals surface area contributed by atoms with Crippen LogP contribution in [0.1, 0.15) is 29.5 Å². The Kier molecular flexibility index (Phi) is 4.08. The Labute approximate surface area is 119 Å². The second-order valence-corrected chi connectivity index (χ2v) is 4.94. The highest BCUT2D eigenvalue weighted by Gasteiger charge is 2.12. The number of aromatic nitrogens is 2. The zero-order valence-electron chi connectivity index (χ0n) is 12.1. The van der Waals surface area contributed by atoms with Gasteiger partial charge in [0.15, 0.2) is 0 Å². The second kappa shape index (κ2) is 5.77. The minimum Gasteiger partial charge on any atom is -0.397 e. The van der Waals surface area contributed by atoms with E-state index in [0.717, 1.165) is 24.4 Å². The molecule has 2 rings (SSSR count). The molecule has 0 bridgehead atoms. The van der Waals surface area contributed by atoms with Crippen molar-refractivity contribution in [2.75, 3.05) is 19.8 Å². The van der Waals surface area contributed by atoms with Gasteiger partial charge in [-0.1, -0.05) is 6.92 Å². The average Bonchev–Trinajstić information content (AvgIpc) is 2.86. The van der Waals surface area contributed by atoms with Gasteiger partial charge >= 0.3 is 0 Å². The summed E-state index contributed by atoms with van der Waals surface area (Å²) in [5.74, 6) is 0.925. The van der Waals surface area contributed by atoms with Crippen molar-refractivity contribution in [2.24, 2.45) is 0 Å². The molecule has 5 nitrogen and oxygen atoms in total. The first-order valence-corrected chi connectivity index (χ1v) is 6.68. The third-order valence-electron chi connectivity index (χ3n) is 3.13. The van der Waals surface area contributed by atoms with Crippen LogP contribution in [0, 0.1) is 0 Å². The van der Waals surface area contributed by atoms with Crippen molar-refractivity contribution in [1.29, 1.82) is 0 Å². The maximum Gasteiger partial charge on any atom is 0.253 e. The first-order chi connectivity index (χ1) is 9.54. The van der Waals surface area contributed by atoms with Gasteiger partial charge in [-0.05, 0) is 24.6 Å². The first kappa shape index (κ1) is 14.1. The summed E-state index contributed by atoms with van der Waals surface area (Å²) in [6, 6.07) is 5.38. The Bertz CT molecular complexity index is 616. The molecule has 0 fully saturated rings. The normalized spacial score (nSPS) is 10.6. The van der Waals surface area contributed by atoms with E-state index in [0.29, 0.717) is 11.3 Å². The van der Waals surface area contributed by atoms with Gasteiger partial charge in [0.25, 0.3) is 5.91 Å². The molecule has 0 aliphatic heterocycles. The Morgan fingerprint density at radius 3 is 2.75 bits per heavy atom. The van der Waals surface area contributed by atoms with E-state index in [1.54, 1.807) is 32.4 Å². The van der Waals surface area contributed by atoms with E-state index in [1.807, 2.05) is 16.8 Å². The molecule has 5 heteroatoms. The molecule has 1 heterocycles. The fraction of sp³-hybridized carbons (Fsp3) is 0.333. The van der Waals surface area contributed by atoms with Gasteiger partial charge in [-0.2, -0.15) is 0 Å². The summed E-state index contributed by atoms with van der Waals surface area (Å²) in [6.45, 7) is 2.11. The van der Waals surface area contributed by atoms with Gasteiger partial charge in [0.2, 0.25) is 0 Å². The average molecular weight is 272 g/mol. The highest BCUT2D eigenvalue weighted by atomic mass is 16.2. The molecule has 2 N–H and O–H groups in total. The molecule has 20 heavy (non-hydrogen) atoms. The number of carbonyl (C=O) groups is 1. The predicted molar refractivity (Wildman–Crippen MR) is 80.0 cm³/mol. The summed E-state index contributed by atoms with van der Waals surface area (Å²) in [4.78, 5) is 17.8. The summed E-state index contributed by atoms with van der Waals surface area (Å²) >= 11 is 0. The van der Waals surface area contributed by atoms with Crippen molar-refractivity contribution >= 4 is 11.6 Å². The number of carbonyl (C=O) groups excluding carboxylic acids is 1. The third-order valence-corrected chi connectivity index (χ3v) is 3.13. The number of rotatable bonds is 4. The van der Waals surface area contributed by atoms with Crippen molar-refractivity contribution in [3.63, 3.8) is 0 Å². The maximum absolute atomic E-state index is 11.9. The van der Waals surface area contributed by atoms with Gasteiger partial charge in [0.05, 0.1) is 11.4 Å². The number of nitrogen functional groups attached to an aromatic ring is 1. The number of anilines is 1. The highest BCUT2D eigenvalue weighted by molar-refractivity contribution is 5.95. The standard InChI is InChI=1S/C15H20N4O/c1-4-5-14-17-8-9-19(14)13-7-6-11(10-12(13)16)15(20)18(2)3/h6-10H,4-5,16H2,1-3H3. The molecule has 106 valence electrons. The summed E-state index contributed by atoms with van der Waals surface area (Å²) in [7, 11) is 3.45. The second-order valence-electron chi connectivity index (χ2n) is 4.94. The number of aryl methyl sites for hydroxylation is 1. The Balaban J connectivity index is 2.39. The lowest BCUT2D eigenvalue weighted by Crippen LogP contribution is -2.21. The van der Waals surface area contributed by atoms with Crippen LogP contribution in [-0.2, 0) is 6.42 Å². The fourth-order valence-electron chi connectivity index (χ4n) is 2.13. The van der Waals surface area contributed by atoms with Gasteiger partial charge in [-0.3, -0.25) is 4.79 Å². The van der Waals surface area contributed by atoms with Crippen molar-refractivity contribution in [3.8, 4) is 5.69 Å². The molecule has 0 spiro atoms. The van der Waals surface area contributed by atoms with E-state index in [-0.39, 0.29) is 5.91 Å². The lowest BCUT2D eigenvalue weighted by molar-refractivity contribution is 0.0827. The zero-order valence-corrected chi connectivity index (χ0v) is 12.1. The largest absolute Gasteiger partial charge is 0.397 e. The molecular weight excluding hydrogens is 252 g/mol. The minimum atomic E-state index is -0.0531. The molecule has 2 aromatic rings. The fourth-order valence-corrected chi connectivity index (χ4v) is 2.13. The Morgan fingerprint density at radius 2 is 2.15 bits per heavy atom. The van der Waals surface area contributed by atoms with Crippen molar-refractivity contribution in [3.05, 3.63) is 42.0 Å². The molecule has 1 aromatic carbocycles. The van der Waals surface area contributed by atoms with E-state index in [1.165, 1.54) is 4.90 Å². The van der Waals surface area contributed by atoms with Crippen LogP contribution in [0.5, 0.6) is 0 Å². The van der Waals surface area contributed by atoms with Crippen molar-refractivity contribution in [1.82, 2.24) is 14.5 Å². The molecule has 0 radical (unpaired) electrons. The van der Waals surface area contributed by atoms with Crippen LogP contribution in [0.2, 0.25) is 0 Å². The molecule has 1 aromatic heterocycles. The van der Waals surface area contributed by atoms with E-state index in [2.05, 4.69) is 11.9 Å². The van der Waals surface area contributed by atoms with E-state index >= 15 is 0 Å². The SMILES string of the molecule is CCCc1nccn1-c1ccc(C(=O)N(C)C)cc1N. The topological polar surface area (TPSA) is 64.2 Å². The zero-order chi connectivity index (χ0) is 14.7. The van der Waals surface area contributed by atoms with E-state index < -0.39 is 0 Å². The summed E-state index contributed by atoms with van der Waals surface area (Å²) in [5.41, 5.74) is 8.13. The molecule has 0 atom stereocenters. The van der Waals surface area contributed by atoms with Crippen molar-refractivity contribution < 1.29 is 4.79 Å². The van der Waals surface area contributed by atoms with Gasteiger partial charge in [-0.25, -0.2) is 4.98 Å². The van der Waals surface area contributed by atoms with Crippen LogP contribution in [0.15, 0.2) is 30.6 Å². The molecule has 0 saturated carbocycles. The number of benzene rings is 1. The number of nitrogens with two attached hydrogens (primary N) is 1. The number of imidazole rings is 1. The predicted octanol–water partition coefficient (Wildman–Crippen LogP) is 2.11. The number of amides is 1. The highest BCUT2D eigenvalue weighted by Crippen LogP contribution is 2.21. The van der Waals surface area contributed by atoms with E-state index in [4.69, 9.17) is 5.73 Å². The summed E-state index contributed by atoms with van der Waals surface area (Å²) in [5, 5.41) is 0. The van der Waals surface area contributed by atoms with E-state index in [9.17, 15) is 4.79 Å². The van der Waals surface area contributed by atoms with Crippen LogP contribution in [-0.4, -0.2) is 34.5 Å². The van der Waals surface area contributed by atoms with Crippen LogP contribution in [0.25, 0.3) is 5.69 Å². The minimum absolute atomic E-state index is 0.0531. The first-order valence-electron chi connectivity index (χ1n) is 6.68. The van der Waals surface area contributed by atoms with Crippen LogP contribution in [0.3, 0.4) is 0 Å². The van der Waals surface area contributed by atoms with Crippen LogP contribution < -0.4 is 5.73 Å². The van der Waals surface area contributed by atoms with Gasteiger partial charge in [0, 0.05) is 38.5 Å². The summed E-state index contributed by atoms with van der Waals surface area (Å²) < 4.78 is 1.97. The number of hydrogen-bond donors (Lipinski definition) is 1. The van der Waals surface area contributed by atoms with Gasteiger partial charge in [0.1, 0.15) is 5.82 Å². The quantitative estimate of drug-likeness (QED) is 0.867. The molecule has 0 aliphatic carbocycles. The third kappa shape index (κ3) is 2.66. The lowest BCUT2D eigenvalue weighted by Gasteiger charge is -2.14. The molecule has 1 amide bonds. The Hall–Kier alpha value is -2.30. The lowest BCUT2D eigenvalue weighted by atomic mass is 10.1.